The molecule has 146 valence electrons. The molecule has 0 bridgehead atoms. The predicted octanol–water partition coefficient (Wildman–Crippen LogP) is 4.19. The van der Waals surface area contributed by atoms with E-state index in [1.54, 1.807) is 0 Å². The molecule has 28 heavy (non-hydrogen) atoms. The lowest BCUT2D eigenvalue weighted by atomic mass is 9.95. The van der Waals surface area contributed by atoms with Crippen LogP contribution >= 0.6 is 11.3 Å². The quantitative estimate of drug-likeness (QED) is 0.720. The lowest BCUT2D eigenvalue weighted by Crippen LogP contribution is -2.39. The second-order valence-electron chi connectivity index (χ2n) is 7.71. The fraction of sp³-hybridized carbons (Fsp3) is 0.409. The monoisotopic (exact) mass is 395 g/mol. The zero-order valence-corrected chi connectivity index (χ0v) is 17.1. The lowest BCUT2D eigenvalue weighted by molar-refractivity contribution is -0.122. The third-order valence-electron chi connectivity index (χ3n) is 5.66. The number of hydrogen-bond acceptors (Lipinski definition) is 4. The summed E-state index contributed by atoms with van der Waals surface area (Å²) in [5.74, 6) is -0.113. The summed E-state index contributed by atoms with van der Waals surface area (Å²) in [5, 5.41) is 5.65. The van der Waals surface area contributed by atoms with Crippen LogP contribution in [0.5, 0.6) is 0 Å². The van der Waals surface area contributed by atoms with Gasteiger partial charge < -0.3 is 5.32 Å². The van der Waals surface area contributed by atoms with Gasteiger partial charge in [-0.1, -0.05) is 37.5 Å². The zero-order chi connectivity index (χ0) is 19.7. The Balaban J connectivity index is 1.63. The molecule has 1 N–H and O–H groups in total. The molecule has 5 nitrogen and oxygen atoms in total. The van der Waals surface area contributed by atoms with Crippen LogP contribution in [0.2, 0.25) is 0 Å². The average molecular weight is 396 g/mol. The molecule has 1 fully saturated rings. The van der Waals surface area contributed by atoms with Crippen molar-refractivity contribution in [1.29, 1.82) is 0 Å². The Morgan fingerprint density at radius 3 is 2.75 bits per heavy atom. The number of rotatable bonds is 4. The third-order valence-corrected chi connectivity index (χ3v) is 6.55. The van der Waals surface area contributed by atoms with Crippen LogP contribution in [0.3, 0.4) is 0 Å². The van der Waals surface area contributed by atoms with Gasteiger partial charge in [0.1, 0.15) is 11.4 Å². The van der Waals surface area contributed by atoms with Crippen molar-refractivity contribution in [1.82, 2.24) is 14.9 Å². The highest BCUT2D eigenvalue weighted by molar-refractivity contribution is 7.17. The molecule has 0 radical (unpaired) electrons. The predicted molar refractivity (Wildman–Crippen MR) is 114 cm³/mol. The van der Waals surface area contributed by atoms with E-state index in [2.05, 4.69) is 36.3 Å². The number of thiophene rings is 1. The van der Waals surface area contributed by atoms with Gasteiger partial charge in [-0.2, -0.15) is 0 Å². The van der Waals surface area contributed by atoms with Gasteiger partial charge in [0, 0.05) is 17.0 Å². The van der Waals surface area contributed by atoms with Crippen molar-refractivity contribution < 1.29 is 4.79 Å². The fourth-order valence-corrected chi connectivity index (χ4v) is 4.78. The van der Waals surface area contributed by atoms with Crippen molar-refractivity contribution in [3.63, 3.8) is 0 Å². The Kier molecular flexibility index (Phi) is 5.31. The molecule has 2 heterocycles. The summed E-state index contributed by atoms with van der Waals surface area (Å²) < 4.78 is 1.43. The molecule has 3 aromatic rings. The summed E-state index contributed by atoms with van der Waals surface area (Å²) in [7, 11) is 0. The summed E-state index contributed by atoms with van der Waals surface area (Å²) in [6.45, 7) is 4.16. The minimum atomic E-state index is -0.154. The summed E-state index contributed by atoms with van der Waals surface area (Å²) in [6, 6.07) is 6.45. The second-order valence-corrected chi connectivity index (χ2v) is 8.57. The van der Waals surface area contributed by atoms with Gasteiger partial charge in [-0.25, -0.2) is 4.98 Å². The van der Waals surface area contributed by atoms with Crippen molar-refractivity contribution >= 4 is 27.5 Å². The van der Waals surface area contributed by atoms with E-state index in [-0.39, 0.29) is 24.1 Å². The van der Waals surface area contributed by atoms with Crippen LogP contribution in [0, 0.1) is 13.8 Å². The van der Waals surface area contributed by atoms with E-state index in [1.165, 1.54) is 39.8 Å². The van der Waals surface area contributed by atoms with E-state index < -0.39 is 0 Å². The number of hydrogen-bond donors (Lipinski definition) is 1. The van der Waals surface area contributed by atoms with Crippen LogP contribution in [0.25, 0.3) is 21.3 Å². The Hall–Kier alpha value is -2.47. The molecule has 0 atom stereocenters. The van der Waals surface area contributed by atoms with Crippen LogP contribution in [-0.2, 0) is 11.3 Å². The first kappa shape index (κ1) is 18.9. The maximum atomic E-state index is 13.1. The van der Waals surface area contributed by atoms with Crippen LogP contribution < -0.4 is 10.9 Å². The maximum absolute atomic E-state index is 13.1. The first-order valence-corrected chi connectivity index (χ1v) is 10.7. The van der Waals surface area contributed by atoms with Gasteiger partial charge in [0.25, 0.3) is 5.56 Å². The molecule has 0 aliphatic heterocycles. The number of nitrogens with one attached hydrogen (secondary N) is 1. The number of fused-ring (bicyclic) bond motifs is 1. The van der Waals surface area contributed by atoms with E-state index in [9.17, 15) is 9.59 Å². The van der Waals surface area contributed by atoms with Crippen LogP contribution in [0.15, 0.2) is 34.7 Å². The van der Waals surface area contributed by atoms with Crippen molar-refractivity contribution in [2.24, 2.45) is 0 Å². The maximum Gasteiger partial charge on any atom is 0.263 e. The number of aromatic nitrogens is 2. The Morgan fingerprint density at radius 2 is 2.00 bits per heavy atom. The smallest absolute Gasteiger partial charge is 0.263 e. The molecule has 4 rings (SSSR count). The molecule has 0 saturated heterocycles. The molecule has 0 unspecified atom stereocenters. The zero-order valence-electron chi connectivity index (χ0n) is 16.3. The number of carbonyl (C=O) groups excluding carboxylic acids is 1. The molecule has 6 heteroatoms. The number of amides is 1. The van der Waals surface area contributed by atoms with Crippen molar-refractivity contribution in [2.75, 3.05) is 0 Å². The molecule has 0 spiro atoms. The van der Waals surface area contributed by atoms with Gasteiger partial charge in [-0.15, -0.1) is 11.3 Å². The van der Waals surface area contributed by atoms with Crippen LogP contribution in [0.4, 0.5) is 0 Å². The van der Waals surface area contributed by atoms with Crippen molar-refractivity contribution in [3.05, 3.63) is 51.4 Å². The average Bonchev–Trinajstić information content (AvgIpc) is 3.12. The van der Waals surface area contributed by atoms with E-state index in [0.717, 1.165) is 36.8 Å². The minimum Gasteiger partial charge on any atom is -0.352 e. The first-order valence-electron chi connectivity index (χ1n) is 9.86. The molecule has 1 saturated carbocycles. The van der Waals surface area contributed by atoms with Gasteiger partial charge in [-0.05, 0) is 43.4 Å². The molecule has 1 amide bonds. The number of carbonyl (C=O) groups is 1. The summed E-state index contributed by atoms with van der Waals surface area (Å²) in [5.41, 5.74) is 4.16. The normalized spacial score (nSPS) is 15.1. The largest absolute Gasteiger partial charge is 0.352 e. The number of aryl methyl sites for hydroxylation is 2. The fourth-order valence-electron chi connectivity index (χ4n) is 3.88. The molecule has 2 aromatic heterocycles. The SMILES string of the molecule is Cc1ccc(-c2csc3ncn(CC(=O)NC4CCCCC4)c(=O)c23)cc1C. The number of nitrogens with zero attached hydrogens (tertiary/aromatic N) is 2. The van der Waals surface area contributed by atoms with Crippen LogP contribution in [-0.4, -0.2) is 21.5 Å². The lowest BCUT2D eigenvalue weighted by Gasteiger charge is -2.22. The highest BCUT2D eigenvalue weighted by Crippen LogP contribution is 2.31. The van der Waals surface area contributed by atoms with Crippen molar-refractivity contribution in [3.8, 4) is 11.1 Å². The van der Waals surface area contributed by atoms with E-state index in [4.69, 9.17) is 0 Å². The Labute approximate surface area is 168 Å². The van der Waals surface area contributed by atoms with Crippen molar-refractivity contribution in [2.45, 2.75) is 58.5 Å². The third kappa shape index (κ3) is 3.74. The van der Waals surface area contributed by atoms with Gasteiger partial charge in [0.2, 0.25) is 5.91 Å². The molecular weight excluding hydrogens is 370 g/mol. The number of benzene rings is 1. The summed E-state index contributed by atoms with van der Waals surface area (Å²) in [6.07, 6.45) is 7.11. The molecule has 1 aliphatic rings. The Morgan fingerprint density at radius 1 is 1.21 bits per heavy atom. The van der Waals surface area contributed by atoms with E-state index in [1.807, 2.05) is 11.4 Å². The highest BCUT2D eigenvalue weighted by Gasteiger charge is 2.18. The molecular formula is C22H25N3O2S. The van der Waals surface area contributed by atoms with Crippen LogP contribution in [0.1, 0.15) is 43.2 Å². The van der Waals surface area contributed by atoms with Gasteiger partial charge in [0.05, 0.1) is 11.7 Å². The summed E-state index contributed by atoms with van der Waals surface area (Å²) in [4.78, 5) is 30.7. The summed E-state index contributed by atoms with van der Waals surface area (Å²) >= 11 is 1.46. The minimum absolute atomic E-state index is 0.0144. The van der Waals surface area contributed by atoms with Gasteiger partial charge in [-0.3, -0.25) is 14.2 Å². The van der Waals surface area contributed by atoms with Gasteiger partial charge >= 0.3 is 0 Å². The highest BCUT2D eigenvalue weighted by atomic mass is 32.1. The Bertz CT molecular complexity index is 1080. The molecule has 1 aromatic carbocycles. The standard InChI is InChI=1S/C22H25N3O2S/c1-14-8-9-16(10-15(14)2)18-12-28-21-20(18)22(27)25(13-23-21)11-19(26)24-17-6-4-3-5-7-17/h8-10,12-13,17H,3-7,11H2,1-2H3,(H,24,26). The van der Waals surface area contributed by atoms with Gasteiger partial charge in [0.15, 0.2) is 0 Å². The second kappa shape index (κ2) is 7.87. The topological polar surface area (TPSA) is 64.0 Å². The van der Waals surface area contributed by atoms with E-state index >= 15 is 0 Å². The molecule has 1 aliphatic carbocycles. The first-order chi connectivity index (χ1) is 13.5. The van der Waals surface area contributed by atoms with E-state index in [0.29, 0.717) is 10.2 Å².